The van der Waals surface area contributed by atoms with Crippen molar-refractivity contribution in [3.63, 3.8) is 0 Å². The van der Waals surface area contributed by atoms with Gasteiger partial charge in [0, 0.05) is 35.3 Å². The van der Waals surface area contributed by atoms with Crippen LogP contribution in [0.25, 0.3) is 11.1 Å². The van der Waals surface area contributed by atoms with Crippen LogP contribution in [0.2, 0.25) is 0 Å². The topological polar surface area (TPSA) is 58.4 Å². The Kier molecular flexibility index (Phi) is 7.81. The number of unbranched alkanes of at least 4 members (excludes halogenated alkanes) is 1. The molecule has 1 N–H and O–H groups in total. The number of nitrogens with zero attached hydrogens (tertiary/aromatic N) is 3. The maximum Gasteiger partial charge on any atom is 0.159 e. The molecule has 2 aromatic rings. The molecule has 152 valence electrons. The average molecular weight is 386 g/mol. The molecule has 0 aliphatic heterocycles. The van der Waals surface area contributed by atoms with Crippen molar-refractivity contribution in [1.82, 2.24) is 9.97 Å². The summed E-state index contributed by atoms with van der Waals surface area (Å²) < 4.78 is 14.8. The highest BCUT2D eigenvalue weighted by molar-refractivity contribution is 5.87. The molecule has 0 radical (unpaired) electrons. The Morgan fingerprint density at radius 2 is 1.79 bits per heavy atom. The van der Waals surface area contributed by atoms with Crippen molar-refractivity contribution in [1.29, 1.82) is 0 Å². The van der Waals surface area contributed by atoms with Gasteiger partial charge in [0.2, 0.25) is 0 Å². The second-order valence-corrected chi connectivity index (χ2v) is 7.57. The van der Waals surface area contributed by atoms with Gasteiger partial charge in [-0.1, -0.05) is 33.6 Å². The Morgan fingerprint density at radius 1 is 1.11 bits per heavy atom. The number of aliphatic imine (C=N–C) groups is 1. The van der Waals surface area contributed by atoms with Crippen LogP contribution >= 0.6 is 0 Å². The van der Waals surface area contributed by atoms with Crippen LogP contribution in [0.1, 0.15) is 77.6 Å². The molecular weight excluding hydrogens is 353 g/mol. The van der Waals surface area contributed by atoms with E-state index in [-0.39, 0.29) is 5.82 Å². The second-order valence-electron chi connectivity index (χ2n) is 7.57. The molecule has 1 atom stereocenters. The zero-order valence-corrected chi connectivity index (χ0v) is 17.7. The van der Waals surface area contributed by atoms with Crippen molar-refractivity contribution in [3.8, 4) is 11.1 Å². The van der Waals surface area contributed by atoms with Gasteiger partial charge in [0.05, 0.1) is 5.69 Å². The smallest absolute Gasteiger partial charge is 0.159 e. The predicted octanol–water partition coefficient (Wildman–Crippen LogP) is 6.27. The fourth-order valence-corrected chi connectivity index (χ4v) is 2.99. The Hall–Kier alpha value is -2.14. The molecule has 0 amide bonds. The van der Waals surface area contributed by atoms with E-state index < -0.39 is 5.60 Å². The number of aliphatic hydroxyl groups is 1. The van der Waals surface area contributed by atoms with Gasteiger partial charge in [-0.2, -0.15) is 0 Å². The highest BCUT2D eigenvalue weighted by Crippen LogP contribution is 2.30. The Morgan fingerprint density at radius 3 is 2.36 bits per heavy atom. The molecule has 4 nitrogen and oxygen atoms in total. The summed E-state index contributed by atoms with van der Waals surface area (Å²) in [6.45, 7) is 9.79. The van der Waals surface area contributed by atoms with Crippen molar-refractivity contribution in [3.05, 3.63) is 41.7 Å². The molecule has 1 heterocycles. The van der Waals surface area contributed by atoms with E-state index >= 15 is 0 Å². The second kappa shape index (κ2) is 9.87. The Labute approximate surface area is 168 Å². The summed E-state index contributed by atoms with van der Waals surface area (Å²) in [5.41, 5.74) is 2.70. The summed E-state index contributed by atoms with van der Waals surface area (Å²) >= 11 is 0. The minimum atomic E-state index is -1.08. The standard InChI is InChI=1S/C23H32FN3O/c1-6-9-11-18(10-7-2)27-21-13-20(24)19(12-16(21)4)17-14-25-22(26-15-17)23(5,28)8-3/h12-15,28H,6-11H2,1-5H3. The number of halogens is 1. The number of rotatable bonds is 9. The molecule has 1 unspecified atom stereocenters. The lowest BCUT2D eigenvalue weighted by Gasteiger charge is -2.19. The molecule has 0 saturated carbocycles. The summed E-state index contributed by atoms with van der Waals surface area (Å²) in [6, 6.07) is 3.30. The fraction of sp³-hybridized carbons (Fsp3) is 0.522. The van der Waals surface area contributed by atoms with Crippen LogP contribution < -0.4 is 0 Å². The fourth-order valence-electron chi connectivity index (χ4n) is 2.99. The number of hydrogen-bond acceptors (Lipinski definition) is 4. The molecule has 2 rings (SSSR count). The van der Waals surface area contributed by atoms with Gasteiger partial charge in [0.1, 0.15) is 11.4 Å². The molecule has 0 saturated heterocycles. The molecule has 0 fully saturated rings. The van der Waals surface area contributed by atoms with E-state index in [4.69, 9.17) is 4.99 Å². The first-order valence-corrected chi connectivity index (χ1v) is 10.2. The SMILES string of the molecule is CCCCC(CCC)=Nc1cc(F)c(-c2cnc(C(C)(O)CC)nc2)cc1C. The van der Waals surface area contributed by atoms with Gasteiger partial charge in [0.15, 0.2) is 5.82 Å². The minimum absolute atomic E-state index is 0.339. The van der Waals surface area contributed by atoms with Crippen LogP contribution in [0.3, 0.4) is 0 Å². The molecular formula is C23H32FN3O. The van der Waals surface area contributed by atoms with E-state index in [1.807, 2.05) is 13.8 Å². The third kappa shape index (κ3) is 5.44. The van der Waals surface area contributed by atoms with Crippen LogP contribution in [0, 0.1) is 12.7 Å². The Balaban J connectivity index is 2.35. The minimum Gasteiger partial charge on any atom is -0.382 e. The lowest BCUT2D eigenvalue weighted by molar-refractivity contribution is 0.0436. The first-order valence-electron chi connectivity index (χ1n) is 10.2. The van der Waals surface area contributed by atoms with E-state index in [2.05, 4.69) is 23.8 Å². The number of benzene rings is 1. The lowest BCUT2D eigenvalue weighted by Crippen LogP contribution is -2.22. The van der Waals surface area contributed by atoms with Gasteiger partial charge in [-0.15, -0.1) is 0 Å². The maximum atomic E-state index is 14.8. The zero-order valence-electron chi connectivity index (χ0n) is 17.7. The number of hydrogen-bond donors (Lipinski definition) is 1. The molecule has 1 aromatic carbocycles. The van der Waals surface area contributed by atoms with Crippen molar-refractivity contribution in [2.45, 2.75) is 78.7 Å². The summed E-state index contributed by atoms with van der Waals surface area (Å²) in [6.07, 6.45) is 8.79. The van der Waals surface area contributed by atoms with Crippen LogP contribution in [0.5, 0.6) is 0 Å². The summed E-state index contributed by atoms with van der Waals surface area (Å²) in [5, 5.41) is 10.3. The summed E-state index contributed by atoms with van der Waals surface area (Å²) in [5.74, 6) is 0.00604. The molecule has 1 aromatic heterocycles. The normalized spacial score (nSPS) is 14.2. The van der Waals surface area contributed by atoms with Crippen LogP contribution in [-0.2, 0) is 5.60 Å². The first-order chi connectivity index (χ1) is 13.3. The monoisotopic (exact) mass is 385 g/mol. The zero-order chi connectivity index (χ0) is 20.7. The Bertz CT molecular complexity index is 813. The highest BCUT2D eigenvalue weighted by Gasteiger charge is 2.24. The van der Waals surface area contributed by atoms with Gasteiger partial charge in [-0.25, -0.2) is 14.4 Å². The third-order valence-electron chi connectivity index (χ3n) is 5.05. The van der Waals surface area contributed by atoms with Gasteiger partial charge in [-0.05, 0) is 51.2 Å². The van der Waals surface area contributed by atoms with Crippen molar-refractivity contribution in [2.75, 3.05) is 0 Å². The van der Waals surface area contributed by atoms with E-state index in [0.29, 0.717) is 29.1 Å². The quantitative estimate of drug-likeness (QED) is 0.517. The van der Waals surface area contributed by atoms with Crippen molar-refractivity contribution >= 4 is 11.4 Å². The number of aromatic nitrogens is 2. The van der Waals surface area contributed by atoms with Gasteiger partial charge < -0.3 is 5.11 Å². The highest BCUT2D eigenvalue weighted by atomic mass is 19.1. The molecule has 0 aliphatic rings. The molecule has 0 bridgehead atoms. The number of aryl methyl sites for hydroxylation is 1. The molecule has 28 heavy (non-hydrogen) atoms. The average Bonchev–Trinajstić information content (AvgIpc) is 2.68. The van der Waals surface area contributed by atoms with Gasteiger partial charge in [0.25, 0.3) is 0 Å². The first kappa shape index (κ1) is 22.2. The van der Waals surface area contributed by atoms with E-state index in [0.717, 1.165) is 43.4 Å². The van der Waals surface area contributed by atoms with Gasteiger partial charge >= 0.3 is 0 Å². The van der Waals surface area contributed by atoms with Gasteiger partial charge in [-0.3, -0.25) is 4.99 Å². The lowest BCUT2D eigenvalue weighted by atomic mass is 10.0. The van der Waals surface area contributed by atoms with Crippen LogP contribution in [0.4, 0.5) is 10.1 Å². The summed E-state index contributed by atoms with van der Waals surface area (Å²) in [4.78, 5) is 13.2. The van der Waals surface area contributed by atoms with Crippen LogP contribution in [-0.4, -0.2) is 20.8 Å². The van der Waals surface area contributed by atoms with E-state index in [1.165, 1.54) is 6.07 Å². The summed E-state index contributed by atoms with van der Waals surface area (Å²) in [7, 11) is 0. The molecule has 0 aliphatic carbocycles. The van der Waals surface area contributed by atoms with E-state index in [1.54, 1.807) is 25.4 Å². The van der Waals surface area contributed by atoms with E-state index in [9.17, 15) is 9.50 Å². The largest absolute Gasteiger partial charge is 0.382 e. The van der Waals surface area contributed by atoms with Crippen LogP contribution in [0.15, 0.2) is 29.5 Å². The predicted molar refractivity (Wildman–Crippen MR) is 114 cm³/mol. The maximum absolute atomic E-state index is 14.8. The molecule has 5 heteroatoms. The van der Waals surface area contributed by atoms with Crippen molar-refractivity contribution in [2.24, 2.45) is 4.99 Å². The van der Waals surface area contributed by atoms with Crippen molar-refractivity contribution < 1.29 is 9.50 Å². The molecule has 0 spiro atoms. The third-order valence-corrected chi connectivity index (χ3v) is 5.05.